The quantitative estimate of drug-likeness (QED) is 0.185. The molecule has 0 aliphatic rings. The number of esters is 2. The van der Waals surface area contributed by atoms with Crippen LogP contribution >= 0.6 is 0 Å². The lowest BCUT2D eigenvalue weighted by atomic mass is 10.0. The van der Waals surface area contributed by atoms with Crippen molar-refractivity contribution in [1.29, 1.82) is 0 Å². The molecule has 3 rings (SSSR count). The number of hydrogen-bond acceptors (Lipinski definition) is 7. The predicted molar refractivity (Wildman–Crippen MR) is 158 cm³/mol. The van der Waals surface area contributed by atoms with Crippen molar-refractivity contribution in [2.24, 2.45) is 0 Å². The minimum Gasteiger partial charge on any atom is -0.489 e. The van der Waals surface area contributed by atoms with E-state index < -0.39 is 25.2 Å². The maximum atomic E-state index is 11.8. The topological polar surface area (TPSA) is 102 Å². The van der Waals surface area contributed by atoms with Gasteiger partial charge in [-0.05, 0) is 51.9 Å². The molecule has 0 spiro atoms. The first kappa shape index (κ1) is 31.3. The third kappa shape index (κ3) is 10.0. The van der Waals surface area contributed by atoms with Crippen LogP contribution in [0.15, 0.2) is 91.0 Å². The molecule has 3 aromatic carbocycles. The molecule has 0 amide bonds. The second kappa shape index (κ2) is 16.2. The summed E-state index contributed by atoms with van der Waals surface area (Å²) in [5.74, 6) is -0.654. The molecule has 0 unspecified atom stereocenters. The van der Waals surface area contributed by atoms with E-state index in [0.717, 1.165) is 35.1 Å². The number of aliphatic hydroxyl groups excluding tert-OH is 2. The van der Waals surface area contributed by atoms with Crippen LogP contribution in [0.3, 0.4) is 0 Å². The number of carbonyl (C=O) groups is 2. The fourth-order valence-electron chi connectivity index (χ4n) is 4.07. The summed E-state index contributed by atoms with van der Waals surface area (Å²) in [6.07, 6.45) is 3.04. The van der Waals surface area contributed by atoms with Gasteiger partial charge >= 0.3 is 11.9 Å². The molecular formula is C34H38O7. The first-order valence-electron chi connectivity index (χ1n) is 13.7. The third-order valence-corrected chi connectivity index (χ3v) is 6.42. The van der Waals surface area contributed by atoms with E-state index in [0.29, 0.717) is 25.2 Å². The second-order valence-corrected chi connectivity index (χ2v) is 9.71. The second-order valence-electron chi connectivity index (χ2n) is 9.71. The third-order valence-electron chi connectivity index (χ3n) is 6.42. The molecule has 0 atom stereocenters. The molecule has 7 nitrogen and oxygen atoms in total. The molecule has 0 bridgehead atoms. The number of carbonyl (C=O) groups excluding carboxylic acids is 2. The molecule has 7 heteroatoms. The summed E-state index contributed by atoms with van der Waals surface area (Å²) in [7, 11) is 0. The summed E-state index contributed by atoms with van der Waals surface area (Å²) < 4.78 is 16.5. The maximum absolute atomic E-state index is 11.8. The molecule has 0 saturated heterocycles. The Bertz CT molecular complexity index is 1270. The van der Waals surface area contributed by atoms with Crippen molar-refractivity contribution in [1.82, 2.24) is 0 Å². The minimum absolute atomic E-state index is 0.00594. The first-order valence-corrected chi connectivity index (χ1v) is 13.7. The lowest BCUT2D eigenvalue weighted by Crippen LogP contribution is -2.13. The minimum atomic E-state index is -0.642. The summed E-state index contributed by atoms with van der Waals surface area (Å²) in [4.78, 5) is 23.6. The fourth-order valence-corrected chi connectivity index (χ4v) is 4.07. The number of hydrogen-bond donors (Lipinski definition) is 2. The normalized spacial score (nSPS) is 10.6. The Morgan fingerprint density at radius 3 is 1.56 bits per heavy atom. The molecule has 0 fully saturated rings. The Morgan fingerprint density at radius 2 is 1.12 bits per heavy atom. The summed E-state index contributed by atoms with van der Waals surface area (Å²) >= 11 is 0. The Balaban J connectivity index is 1.66. The van der Waals surface area contributed by atoms with Crippen molar-refractivity contribution in [3.05, 3.63) is 113 Å². The SMILES string of the molecule is C=C(CO)C(=O)OCCc1cc(CCOC(=O)C(=C)CO)cc(OCc2ccc(-c3ccc(CCC)cc3)cc2)c1. The number of aryl methyl sites for hydroxylation is 1. The van der Waals surface area contributed by atoms with Crippen molar-refractivity contribution < 1.29 is 34.0 Å². The largest absolute Gasteiger partial charge is 0.489 e. The average Bonchev–Trinajstić information content (AvgIpc) is 2.99. The summed E-state index contributed by atoms with van der Waals surface area (Å²) in [6, 6.07) is 22.6. The Hall–Kier alpha value is -4.20. The van der Waals surface area contributed by atoms with E-state index in [1.165, 1.54) is 11.1 Å². The zero-order valence-electron chi connectivity index (χ0n) is 23.6. The highest BCUT2D eigenvalue weighted by molar-refractivity contribution is 5.88. The maximum Gasteiger partial charge on any atom is 0.335 e. The van der Waals surface area contributed by atoms with Gasteiger partial charge in [0, 0.05) is 12.8 Å². The molecule has 41 heavy (non-hydrogen) atoms. The van der Waals surface area contributed by atoms with Crippen molar-refractivity contribution in [2.45, 2.75) is 39.2 Å². The molecule has 0 aliphatic heterocycles. The molecule has 0 aromatic heterocycles. The number of benzene rings is 3. The summed E-state index contributed by atoms with van der Waals surface area (Å²) in [6.45, 7) is 8.77. The van der Waals surface area contributed by atoms with Crippen LogP contribution in [0.25, 0.3) is 11.1 Å². The van der Waals surface area contributed by atoms with E-state index in [9.17, 15) is 9.59 Å². The molecule has 2 N–H and O–H groups in total. The van der Waals surface area contributed by atoms with Gasteiger partial charge in [0.2, 0.25) is 0 Å². The van der Waals surface area contributed by atoms with Crippen molar-refractivity contribution in [3.8, 4) is 16.9 Å². The number of ether oxygens (including phenoxy) is 3. The van der Waals surface area contributed by atoms with E-state index in [4.69, 9.17) is 24.4 Å². The molecule has 0 aliphatic carbocycles. The van der Waals surface area contributed by atoms with Crippen LogP contribution in [-0.4, -0.2) is 48.6 Å². The van der Waals surface area contributed by atoms with Crippen molar-refractivity contribution >= 4 is 11.9 Å². The van der Waals surface area contributed by atoms with Crippen LogP contribution in [0.1, 0.15) is 35.6 Å². The molecule has 0 radical (unpaired) electrons. The number of aliphatic hydroxyl groups is 2. The predicted octanol–water partition coefficient (Wildman–Crippen LogP) is 5.15. The van der Waals surface area contributed by atoms with Gasteiger partial charge in [-0.25, -0.2) is 9.59 Å². The Morgan fingerprint density at radius 1 is 0.659 bits per heavy atom. The van der Waals surface area contributed by atoms with Gasteiger partial charge in [-0.2, -0.15) is 0 Å². The highest BCUT2D eigenvalue weighted by Crippen LogP contribution is 2.23. The van der Waals surface area contributed by atoms with E-state index in [2.05, 4.69) is 56.5 Å². The highest BCUT2D eigenvalue weighted by Gasteiger charge is 2.10. The molecule has 0 heterocycles. The van der Waals surface area contributed by atoms with Gasteiger partial charge in [0.15, 0.2) is 0 Å². The van der Waals surface area contributed by atoms with E-state index in [1.807, 2.05) is 30.3 Å². The summed E-state index contributed by atoms with van der Waals surface area (Å²) in [5.41, 5.74) is 6.38. The fraction of sp³-hybridized carbons (Fsp3) is 0.294. The van der Waals surface area contributed by atoms with Crippen LogP contribution in [0.2, 0.25) is 0 Å². The Kier molecular flexibility index (Phi) is 12.3. The van der Waals surface area contributed by atoms with Crippen LogP contribution < -0.4 is 4.74 Å². The van der Waals surface area contributed by atoms with E-state index in [1.54, 1.807) is 0 Å². The zero-order chi connectivity index (χ0) is 29.6. The van der Waals surface area contributed by atoms with Gasteiger partial charge in [0.25, 0.3) is 0 Å². The van der Waals surface area contributed by atoms with Gasteiger partial charge in [0.05, 0.1) is 37.6 Å². The van der Waals surface area contributed by atoms with E-state index in [-0.39, 0.29) is 24.4 Å². The summed E-state index contributed by atoms with van der Waals surface area (Å²) in [5, 5.41) is 18.1. The zero-order valence-corrected chi connectivity index (χ0v) is 23.6. The smallest absolute Gasteiger partial charge is 0.335 e. The van der Waals surface area contributed by atoms with Gasteiger partial charge in [-0.15, -0.1) is 0 Å². The van der Waals surface area contributed by atoms with Gasteiger partial charge in [-0.1, -0.05) is 81.1 Å². The molecule has 216 valence electrons. The van der Waals surface area contributed by atoms with E-state index >= 15 is 0 Å². The molecule has 0 saturated carbocycles. The standard InChI is InChI=1S/C34H38O7/c1-4-5-26-6-10-30(11-7-26)31-12-8-27(9-13-31)23-41-32-19-28(14-16-39-33(37)24(2)21-35)18-29(20-32)15-17-40-34(38)25(3)22-36/h6-13,18-20,35-36H,2-5,14-17,21-23H2,1H3. The van der Waals surface area contributed by atoms with Crippen LogP contribution in [0, 0.1) is 0 Å². The van der Waals surface area contributed by atoms with Gasteiger partial charge in [0.1, 0.15) is 12.4 Å². The van der Waals surface area contributed by atoms with Crippen molar-refractivity contribution in [2.75, 3.05) is 26.4 Å². The lowest BCUT2D eigenvalue weighted by Gasteiger charge is -2.13. The van der Waals surface area contributed by atoms with Crippen LogP contribution in [0.5, 0.6) is 5.75 Å². The average molecular weight is 559 g/mol. The van der Waals surface area contributed by atoms with Crippen LogP contribution in [0.4, 0.5) is 0 Å². The monoisotopic (exact) mass is 558 g/mol. The van der Waals surface area contributed by atoms with Crippen molar-refractivity contribution in [3.63, 3.8) is 0 Å². The lowest BCUT2D eigenvalue weighted by molar-refractivity contribution is -0.140. The van der Waals surface area contributed by atoms with Gasteiger partial charge in [-0.3, -0.25) is 0 Å². The molecular weight excluding hydrogens is 520 g/mol. The molecule has 3 aromatic rings. The highest BCUT2D eigenvalue weighted by atomic mass is 16.5. The Labute approximate surface area is 241 Å². The number of rotatable bonds is 16. The van der Waals surface area contributed by atoms with Gasteiger partial charge < -0.3 is 24.4 Å². The van der Waals surface area contributed by atoms with Crippen LogP contribution in [-0.2, 0) is 44.9 Å². The first-order chi connectivity index (χ1) is 19.8.